The Bertz CT molecular complexity index is 323. The maximum absolute atomic E-state index is 13.4. The van der Waals surface area contributed by atoms with E-state index in [1.807, 2.05) is 0 Å². The van der Waals surface area contributed by atoms with Crippen LogP contribution in [0.2, 0.25) is 0 Å². The lowest BCUT2D eigenvalue weighted by Crippen LogP contribution is -2.16. The van der Waals surface area contributed by atoms with E-state index in [1.54, 1.807) is 0 Å². The second kappa shape index (κ2) is 3.53. The Kier molecular flexibility index (Phi) is 2.37. The summed E-state index contributed by atoms with van der Waals surface area (Å²) >= 11 is 0. The largest absolute Gasteiger partial charge is 0.399 e. The molecule has 1 aromatic carbocycles. The highest BCUT2D eigenvalue weighted by Gasteiger charge is 2.23. The zero-order chi connectivity index (χ0) is 10.1. The zero-order valence-corrected chi connectivity index (χ0v) is 7.69. The number of hydrogen-bond acceptors (Lipinski definition) is 2. The Morgan fingerprint density at radius 1 is 1.29 bits per heavy atom. The molecule has 1 aliphatic rings. The second-order valence-electron chi connectivity index (χ2n) is 3.55. The summed E-state index contributed by atoms with van der Waals surface area (Å²) < 4.78 is 26.8. The van der Waals surface area contributed by atoms with Crippen molar-refractivity contribution in [3.05, 3.63) is 29.3 Å². The van der Waals surface area contributed by atoms with Crippen LogP contribution in [0.1, 0.15) is 24.4 Å². The molecule has 0 bridgehead atoms. The standard InChI is InChI=1S/C10H12F2N2/c11-7-4-6(13)5-8(12)10(7)9-2-1-3-14-9/h4-5,9,14H,1-3,13H2. The first kappa shape index (κ1) is 9.40. The number of rotatable bonds is 1. The lowest BCUT2D eigenvalue weighted by Gasteiger charge is -2.13. The van der Waals surface area contributed by atoms with Gasteiger partial charge in [0.05, 0.1) is 0 Å². The summed E-state index contributed by atoms with van der Waals surface area (Å²) in [5.41, 5.74) is 5.58. The summed E-state index contributed by atoms with van der Waals surface area (Å²) in [6.45, 7) is 0.813. The van der Waals surface area contributed by atoms with Crippen LogP contribution in [-0.2, 0) is 0 Å². The summed E-state index contributed by atoms with van der Waals surface area (Å²) in [6, 6.07) is 2.13. The van der Waals surface area contributed by atoms with Gasteiger partial charge in [-0.05, 0) is 31.5 Å². The molecule has 0 aliphatic carbocycles. The van der Waals surface area contributed by atoms with Gasteiger partial charge in [-0.3, -0.25) is 0 Å². The fourth-order valence-electron chi connectivity index (χ4n) is 1.87. The van der Waals surface area contributed by atoms with Crippen LogP contribution in [0.5, 0.6) is 0 Å². The van der Waals surface area contributed by atoms with Gasteiger partial charge < -0.3 is 11.1 Å². The van der Waals surface area contributed by atoms with Crippen molar-refractivity contribution in [3.8, 4) is 0 Å². The molecule has 2 nitrogen and oxygen atoms in total. The number of hydrogen-bond donors (Lipinski definition) is 2. The molecule has 3 N–H and O–H groups in total. The van der Waals surface area contributed by atoms with Crippen molar-refractivity contribution in [3.63, 3.8) is 0 Å². The van der Waals surface area contributed by atoms with Gasteiger partial charge >= 0.3 is 0 Å². The SMILES string of the molecule is Nc1cc(F)c(C2CCCN2)c(F)c1. The third-order valence-electron chi connectivity index (χ3n) is 2.51. The fraction of sp³-hybridized carbons (Fsp3) is 0.400. The summed E-state index contributed by atoms with van der Waals surface area (Å²) in [6.07, 6.45) is 1.73. The van der Waals surface area contributed by atoms with E-state index in [0.717, 1.165) is 19.4 Å². The summed E-state index contributed by atoms with van der Waals surface area (Å²) in [4.78, 5) is 0. The average Bonchev–Trinajstić information content (AvgIpc) is 2.54. The van der Waals surface area contributed by atoms with Gasteiger partial charge in [-0.1, -0.05) is 0 Å². The minimum absolute atomic E-state index is 0.122. The smallest absolute Gasteiger partial charge is 0.132 e. The summed E-state index contributed by atoms with van der Waals surface area (Å²) in [5.74, 6) is -1.11. The molecule has 0 saturated carbocycles. The maximum atomic E-state index is 13.4. The highest BCUT2D eigenvalue weighted by molar-refractivity contribution is 5.42. The van der Waals surface area contributed by atoms with Gasteiger partial charge in [0, 0.05) is 17.3 Å². The van der Waals surface area contributed by atoms with Crippen molar-refractivity contribution in [1.82, 2.24) is 5.32 Å². The Labute approximate surface area is 81.1 Å². The molecule has 2 rings (SSSR count). The maximum Gasteiger partial charge on any atom is 0.132 e. The molecule has 0 aromatic heterocycles. The Morgan fingerprint density at radius 3 is 2.43 bits per heavy atom. The lowest BCUT2D eigenvalue weighted by atomic mass is 10.0. The van der Waals surface area contributed by atoms with Crippen molar-refractivity contribution in [2.45, 2.75) is 18.9 Å². The Balaban J connectivity index is 2.40. The molecule has 1 heterocycles. The van der Waals surface area contributed by atoms with E-state index in [1.165, 1.54) is 12.1 Å². The zero-order valence-electron chi connectivity index (χ0n) is 7.69. The van der Waals surface area contributed by atoms with E-state index < -0.39 is 11.6 Å². The van der Waals surface area contributed by atoms with E-state index in [-0.39, 0.29) is 17.3 Å². The number of benzene rings is 1. The van der Waals surface area contributed by atoms with Gasteiger partial charge in [-0.25, -0.2) is 8.78 Å². The van der Waals surface area contributed by atoms with Crippen LogP contribution in [0, 0.1) is 11.6 Å². The number of nitrogens with one attached hydrogen (secondary N) is 1. The number of anilines is 1. The summed E-state index contributed by atoms with van der Waals surface area (Å²) in [5, 5.41) is 3.05. The highest BCUT2D eigenvalue weighted by Crippen LogP contribution is 2.28. The van der Waals surface area contributed by atoms with E-state index in [9.17, 15) is 8.78 Å². The number of nitrogens with two attached hydrogens (primary N) is 1. The molecule has 0 spiro atoms. The van der Waals surface area contributed by atoms with Gasteiger partial charge in [-0.15, -0.1) is 0 Å². The molecule has 1 saturated heterocycles. The van der Waals surface area contributed by atoms with Crippen molar-refractivity contribution in [1.29, 1.82) is 0 Å². The normalized spacial score (nSPS) is 21.4. The molecule has 0 radical (unpaired) electrons. The number of halogens is 2. The first-order valence-electron chi connectivity index (χ1n) is 4.66. The second-order valence-corrected chi connectivity index (χ2v) is 3.55. The van der Waals surface area contributed by atoms with E-state index in [4.69, 9.17) is 5.73 Å². The first-order chi connectivity index (χ1) is 6.68. The molecule has 1 unspecified atom stereocenters. The van der Waals surface area contributed by atoms with Gasteiger partial charge in [-0.2, -0.15) is 0 Å². The van der Waals surface area contributed by atoms with Crippen LogP contribution in [0.3, 0.4) is 0 Å². The molecular weight excluding hydrogens is 186 g/mol. The van der Waals surface area contributed by atoms with E-state index >= 15 is 0 Å². The average molecular weight is 198 g/mol. The van der Waals surface area contributed by atoms with Gasteiger partial charge in [0.2, 0.25) is 0 Å². The Hall–Kier alpha value is -1.16. The molecule has 1 aromatic rings. The van der Waals surface area contributed by atoms with E-state index in [2.05, 4.69) is 5.32 Å². The number of nitrogen functional groups attached to an aromatic ring is 1. The minimum atomic E-state index is -0.554. The summed E-state index contributed by atoms with van der Waals surface area (Å²) in [7, 11) is 0. The molecule has 1 atom stereocenters. The van der Waals surface area contributed by atoms with Gasteiger partial charge in [0.15, 0.2) is 0 Å². The minimum Gasteiger partial charge on any atom is -0.399 e. The van der Waals surface area contributed by atoms with Crippen molar-refractivity contribution < 1.29 is 8.78 Å². The molecule has 76 valence electrons. The van der Waals surface area contributed by atoms with Crippen molar-refractivity contribution in [2.24, 2.45) is 0 Å². The predicted molar refractivity (Wildman–Crippen MR) is 50.7 cm³/mol. The predicted octanol–water partition coefficient (Wildman–Crippen LogP) is 1.97. The quantitative estimate of drug-likeness (QED) is 0.677. The van der Waals surface area contributed by atoms with Crippen LogP contribution >= 0.6 is 0 Å². The van der Waals surface area contributed by atoms with Crippen LogP contribution in [0.4, 0.5) is 14.5 Å². The topological polar surface area (TPSA) is 38.0 Å². The van der Waals surface area contributed by atoms with Gasteiger partial charge in [0.1, 0.15) is 11.6 Å². The molecule has 1 aliphatic heterocycles. The Morgan fingerprint density at radius 2 is 1.93 bits per heavy atom. The van der Waals surface area contributed by atoms with Crippen molar-refractivity contribution in [2.75, 3.05) is 12.3 Å². The molecule has 1 fully saturated rings. The third kappa shape index (κ3) is 1.57. The first-order valence-corrected chi connectivity index (χ1v) is 4.66. The lowest BCUT2D eigenvalue weighted by molar-refractivity contribution is 0.508. The van der Waals surface area contributed by atoms with E-state index in [0.29, 0.717) is 0 Å². The van der Waals surface area contributed by atoms with Crippen LogP contribution in [0.25, 0.3) is 0 Å². The molecule has 4 heteroatoms. The molecule has 0 amide bonds. The highest BCUT2D eigenvalue weighted by atomic mass is 19.1. The molecule has 14 heavy (non-hydrogen) atoms. The van der Waals surface area contributed by atoms with Gasteiger partial charge in [0.25, 0.3) is 0 Å². The van der Waals surface area contributed by atoms with Crippen LogP contribution in [0.15, 0.2) is 12.1 Å². The van der Waals surface area contributed by atoms with Crippen LogP contribution in [-0.4, -0.2) is 6.54 Å². The third-order valence-corrected chi connectivity index (χ3v) is 2.51. The van der Waals surface area contributed by atoms with Crippen LogP contribution < -0.4 is 11.1 Å². The monoisotopic (exact) mass is 198 g/mol. The molecular formula is C10H12F2N2. The fourth-order valence-corrected chi connectivity index (χ4v) is 1.87. The van der Waals surface area contributed by atoms with Crippen molar-refractivity contribution >= 4 is 5.69 Å².